The number of carbonyl (C=O) groups excluding carboxylic acids is 1. The largest absolute Gasteiger partial charge is 0.394 e. The fourth-order valence-corrected chi connectivity index (χ4v) is 3.94. The SMILES string of the molecule is CCC/C=C/C(O)C(CO)NC(=O)CCCCCCCCC/C=C\CCCCCCCCC. The van der Waals surface area contributed by atoms with E-state index in [2.05, 4.69) is 31.3 Å². The Bertz CT molecular complexity index is 475. The zero-order valence-corrected chi connectivity index (χ0v) is 21.9. The molecule has 4 nitrogen and oxygen atoms in total. The summed E-state index contributed by atoms with van der Waals surface area (Å²) in [4.78, 5) is 12.1. The molecular weight excluding hydrogens is 410 g/mol. The molecule has 0 aliphatic heterocycles. The van der Waals surface area contributed by atoms with Crippen LogP contribution in [0.3, 0.4) is 0 Å². The van der Waals surface area contributed by atoms with Crippen molar-refractivity contribution in [3.8, 4) is 0 Å². The van der Waals surface area contributed by atoms with Gasteiger partial charge in [0.05, 0.1) is 18.8 Å². The molecule has 1 amide bonds. The van der Waals surface area contributed by atoms with Crippen molar-refractivity contribution in [3.63, 3.8) is 0 Å². The van der Waals surface area contributed by atoms with Crippen LogP contribution < -0.4 is 5.32 Å². The van der Waals surface area contributed by atoms with Crippen molar-refractivity contribution < 1.29 is 15.0 Å². The summed E-state index contributed by atoms with van der Waals surface area (Å²) in [7, 11) is 0. The Morgan fingerprint density at radius 2 is 1.21 bits per heavy atom. The Morgan fingerprint density at radius 1 is 0.697 bits per heavy atom. The van der Waals surface area contributed by atoms with Crippen molar-refractivity contribution in [2.45, 2.75) is 148 Å². The molecular formula is C29H55NO3. The monoisotopic (exact) mass is 465 g/mol. The van der Waals surface area contributed by atoms with E-state index < -0.39 is 12.1 Å². The molecule has 0 rings (SSSR count). The first kappa shape index (κ1) is 31.9. The van der Waals surface area contributed by atoms with Gasteiger partial charge in [-0.25, -0.2) is 0 Å². The predicted octanol–water partition coefficient (Wildman–Crippen LogP) is 7.39. The quantitative estimate of drug-likeness (QED) is 0.103. The molecule has 3 N–H and O–H groups in total. The summed E-state index contributed by atoms with van der Waals surface area (Å²) in [5.41, 5.74) is 0. The van der Waals surface area contributed by atoms with E-state index in [4.69, 9.17) is 0 Å². The highest BCUT2D eigenvalue weighted by atomic mass is 16.3. The predicted molar refractivity (Wildman–Crippen MR) is 142 cm³/mol. The molecule has 0 saturated heterocycles. The third-order valence-corrected chi connectivity index (χ3v) is 6.16. The maximum absolute atomic E-state index is 12.1. The van der Waals surface area contributed by atoms with Crippen molar-refractivity contribution >= 4 is 5.91 Å². The Labute approximate surface area is 205 Å². The van der Waals surface area contributed by atoms with E-state index in [0.29, 0.717) is 6.42 Å². The summed E-state index contributed by atoms with van der Waals surface area (Å²) >= 11 is 0. The average molecular weight is 466 g/mol. The molecule has 0 bridgehead atoms. The fourth-order valence-electron chi connectivity index (χ4n) is 3.94. The highest BCUT2D eigenvalue weighted by Crippen LogP contribution is 2.12. The number of hydrogen-bond donors (Lipinski definition) is 3. The molecule has 0 aliphatic rings. The zero-order valence-electron chi connectivity index (χ0n) is 21.9. The first-order valence-electron chi connectivity index (χ1n) is 14.1. The summed E-state index contributed by atoms with van der Waals surface area (Å²) in [5, 5.41) is 22.2. The van der Waals surface area contributed by atoms with Gasteiger partial charge in [-0.15, -0.1) is 0 Å². The van der Waals surface area contributed by atoms with Crippen LogP contribution in [-0.2, 0) is 4.79 Å². The van der Waals surface area contributed by atoms with Gasteiger partial charge < -0.3 is 15.5 Å². The van der Waals surface area contributed by atoms with Gasteiger partial charge in [-0.1, -0.05) is 115 Å². The van der Waals surface area contributed by atoms with E-state index >= 15 is 0 Å². The Hall–Kier alpha value is -1.13. The van der Waals surface area contributed by atoms with Gasteiger partial charge >= 0.3 is 0 Å². The molecule has 0 fully saturated rings. The summed E-state index contributed by atoms with van der Waals surface area (Å²) in [6.45, 7) is 4.09. The highest BCUT2D eigenvalue weighted by Gasteiger charge is 2.17. The van der Waals surface area contributed by atoms with Crippen LogP contribution in [0.4, 0.5) is 0 Å². The normalized spacial score (nSPS) is 13.7. The van der Waals surface area contributed by atoms with Gasteiger partial charge in [-0.3, -0.25) is 4.79 Å². The van der Waals surface area contributed by atoms with Crippen molar-refractivity contribution in [2.75, 3.05) is 6.61 Å². The molecule has 0 radical (unpaired) electrons. The van der Waals surface area contributed by atoms with E-state index in [1.807, 2.05) is 6.08 Å². The smallest absolute Gasteiger partial charge is 0.220 e. The second kappa shape index (κ2) is 25.5. The van der Waals surface area contributed by atoms with Crippen molar-refractivity contribution in [2.24, 2.45) is 0 Å². The van der Waals surface area contributed by atoms with Crippen LogP contribution in [0.1, 0.15) is 136 Å². The number of unbranched alkanes of at least 4 members (excludes halogenated alkanes) is 15. The van der Waals surface area contributed by atoms with Gasteiger partial charge in [-0.2, -0.15) is 0 Å². The van der Waals surface area contributed by atoms with Gasteiger partial charge in [0, 0.05) is 6.42 Å². The molecule has 0 aromatic carbocycles. The molecule has 0 aromatic rings. The summed E-state index contributed by atoms with van der Waals surface area (Å²) < 4.78 is 0. The lowest BCUT2D eigenvalue weighted by Crippen LogP contribution is -2.45. The highest BCUT2D eigenvalue weighted by molar-refractivity contribution is 5.76. The Kier molecular flexibility index (Phi) is 24.6. The summed E-state index contributed by atoms with van der Waals surface area (Å²) in [5.74, 6) is -0.0831. The standard InChI is InChI=1S/C29H55NO3/c1-3-5-7-8-9-10-11-12-13-14-15-16-17-18-19-20-21-23-25-29(33)30-27(26-31)28(32)24-22-6-4-2/h13-14,22,24,27-28,31-32H,3-12,15-21,23,25-26H2,1-2H3,(H,30,33)/b14-13-,24-22+. The van der Waals surface area contributed by atoms with Gasteiger partial charge in [0.1, 0.15) is 0 Å². The Morgan fingerprint density at radius 3 is 1.73 bits per heavy atom. The minimum absolute atomic E-state index is 0.0831. The lowest BCUT2D eigenvalue weighted by atomic mass is 10.1. The maximum Gasteiger partial charge on any atom is 0.220 e. The first-order valence-corrected chi connectivity index (χ1v) is 14.1. The van der Waals surface area contributed by atoms with Crippen LogP contribution in [0.25, 0.3) is 0 Å². The first-order chi connectivity index (χ1) is 16.2. The summed E-state index contributed by atoms with van der Waals surface area (Å²) in [6, 6.07) is -0.616. The van der Waals surface area contributed by atoms with E-state index in [1.54, 1.807) is 6.08 Å². The maximum atomic E-state index is 12.1. The van der Waals surface area contributed by atoms with Crippen molar-refractivity contribution in [1.29, 1.82) is 0 Å². The van der Waals surface area contributed by atoms with E-state index in [-0.39, 0.29) is 12.5 Å². The number of carbonyl (C=O) groups is 1. The van der Waals surface area contributed by atoms with Crippen LogP contribution in [0.5, 0.6) is 0 Å². The number of allylic oxidation sites excluding steroid dienone is 3. The molecule has 0 aliphatic carbocycles. The number of nitrogens with one attached hydrogen (secondary N) is 1. The molecule has 2 atom stereocenters. The molecule has 0 saturated carbocycles. The third-order valence-electron chi connectivity index (χ3n) is 6.16. The minimum Gasteiger partial charge on any atom is -0.394 e. The third kappa shape index (κ3) is 22.4. The van der Waals surface area contributed by atoms with Crippen molar-refractivity contribution in [3.05, 3.63) is 24.3 Å². The van der Waals surface area contributed by atoms with Crippen LogP contribution in [0.15, 0.2) is 24.3 Å². The second-order valence-corrected chi connectivity index (χ2v) is 9.46. The lowest BCUT2D eigenvalue weighted by molar-refractivity contribution is -0.123. The average Bonchev–Trinajstić information content (AvgIpc) is 2.81. The second-order valence-electron chi connectivity index (χ2n) is 9.46. The van der Waals surface area contributed by atoms with E-state index in [1.165, 1.54) is 89.9 Å². The van der Waals surface area contributed by atoms with E-state index in [0.717, 1.165) is 25.7 Å². The molecule has 0 spiro atoms. The fraction of sp³-hybridized carbons (Fsp3) is 0.828. The number of hydrogen-bond acceptors (Lipinski definition) is 3. The number of aliphatic hydroxyl groups excluding tert-OH is 2. The molecule has 194 valence electrons. The van der Waals surface area contributed by atoms with Gasteiger partial charge in [0.2, 0.25) is 5.91 Å². The number of rotatable bonds is 24. The summed E-state index contributed by atoms with van der Waals surface area (Å²) in [6.07, 6.45) is 30.2. The van der Waals surface area contributed by atoms with E-state index in [9.17, 15) is 15.0 Å². The molecule has 0 heterocycles. The van der Waals surface area contributed by atoms with Crippen molar-refractivity contribution in [1.82, 2.24) is 5.32 Å². The van der Waals surface area contributed by atoms with Gasteiger partial charge in [-0.05, 0) is 38.5 Å². The zero-order chi connectivity index (χ0) is 24.4. The Balaban J connectivity index is 3.50. The van der Waals surface area contributed by atoms with Gasteiger partial charge in [0.25, 0.3) is 0 Å². The molecule has 2 unspecified atom stereocenters. The topological polar surface area (TPSA) is 69.6 Å². The van der Waals surface area contributed by atoms with Crippen LogP contribution >= 0.6 is 0 Å². The van der Waals surface area contributed by atoms with Crippen LogP contribution in [0, 0.1) is 0 Å². The molecule has 0 aromatic heterocycles. The van der Waals surface area contributed by atoms with Crippen LogP contribution in [0.2, 0.25) is 0 Å². The number of amides is 1. The minimum atomic E-state index is -0.833. The molecule has 33 heavy (non-hydrogen) atoms. The lowest BCUT2D eigenvalue weighted by Gasteiger charge is -2.19. The molecule has 4 heteroatoms. The van der Waals surface area contributed by atoms with Crippen LogP contribution in [-0.4, -0.2) is 34.9 Å². The number of aliphatic hydroxyl groups is 2. The van der Waals surface area contributed by atoms with Gasteiger partial charge in [0.15, 0.2) is 0 Å².